The fraction of sp³-hybridized carbons (Fsp3) is 0.385. The minimum absolute atomic E-state index is 0.129. The van der Waals surface area contributed by atoms with Gasteiger partial charge in [0, 0.05) is 38.1 Å². The zero-order chi connectivity index (χ0) is 25.2. The number of benzene rings is 2. The average Bonchev–Trinajstić information content (AvgIpc) is 3.27. The van der Waals surface area contributed by atoms with Crippen LogP contribution in [0.2, 0.25) is 0 Å². The first kappa shape index (κ1) is 24.9. The topological polar surface area (TPSA) is 93.5 Å². The van der Waals surface area contributed by atoms with Gasteiger partial charge in [-0.25, -0.2) is 13.4 Å². The molecule has 9 heteroatoms. The van der Waals surface area contributed by atoms with Gasteiger partial charge in [0.05, 0.1) is 12.0 Å². The van der Waals surface area contributed by atoms with Crippen molar-refractivity contribution in [3.63, 3.8) is 0 Å². The summed E-state index contributed by atoms with van der Waals surface area (Å²) in [6, 6.07) is 13.1. The van der Waals surface area contributed by atoms with Gasteiger partial charge in [0.25, 0.3) is 5.91 Å². The largest absolute Gasteiger partial charge is 0.497 e. The Balaban J connectivity index is 1.61. The van der Waals surface area contributed by atoms with Crippen LogP contribution in [0.1, 0.15) is 48.1 Å². The molecular formula is C26H32N4O4S. The fourth-order valence-electron chi connectivity index (χ4n) is 4.71. The van der Waals surface area contributed by atoms with E-state index in [2.05, 4.69) is 24.1 Å². The van der Waals surface area contributed by atoms with E-state index < -0.39 is 16.1 Å². The third-order valence-corrected chi connectivity index (χ3v) is 8.24. The molecule has 1 saturated heterocycles. The monoisotopic (exact) mass is 496 g/mol. The van der Waals surface area contributed by atoms with Gasteiger partial charge in [-0.1, -0.05) is 32.0 Å². The number of piperidine rings is 1. The second-order valence-corrected chi connectivity index (χ2v) is 11.3. The SMILES string of the molecule is COc1ccc(C(NC(=O)c2cccc(S(=O)(=O)N3CC(C)CC(C)C3)c2)c2nccn2C)cc1. The van der Waals surface area contributed by atoms with E-state index in [9.17, 15) is 13.2 Å². The molecule has 3 unspecified atom stereocenters. The Morgan fingerprint density at radius 3 is 2.40 bits per heavy atom. The summed E-state index contributed by atoms with van der Waals surface area (Å²) < 4.78 is 35.3. The predicted molar refractivity (Wildman–Crippen MR) is 134 cm³/mol. The molecule has 1 N–H and O–H groups in total. The summed E-state index contributed by atoms with van der Waals surface area (Å²) in [5.41, 5.74) is 1.10. The van der Waals surface area contributed by atoms with Crippen molar-refractivity contribution in [3.8, 4) is 5.75 Å². The van der Waals surface area contributed by atoms with Gasteiger partial charge in [-0.2, -0.15) is 4.31 Å². The average molecular weight is 497 g/mol. The minimum Gasteiger partial charge on any atom is -0.497 e. The maximum absolute atomic E-state index is 13.4. The zero-order valence-electron chi connectivity index (χ0n) is 20.5. The van der Waals surface area contributed by atoms with Crippen molar-refractivity contribution < 1.29 is 17.9 Å². The van der Waals surface area contributed by atoms with E-state index in [-0.39, 0.29) is 16.4 Å². The molecule has 0 bridgehead atoms. The molecule has 1 aliphatic heterocycles. The van der Waals surface area contributed by atoms with E-state index in [0.29, 0.717) is 36.5 Å². The van der Waals surface area contributed by atoms with Crippen LogP contribution in [0, 0.1) is 11.8 Å². The van der Waals surface area contributed by atoms with Crippen molar-refractivity contribution in [3.05, 3.63) is 77.9 Å². The first-order valence-electron chi connectivity index (χ1n) is 11.7. The molecule has 1 aromatic heterocycles. The molecule has 3 atom stereocenters. The highest BCUT2D eigenvalue weighted by Gasteiger charge is 2.32. The van der Waals surface area contributed by atoms with Crippen LogP contribution in [-0.4, -0.2) is 48.4 Å². The highest BCUT2D eigenvalue weighted by atomic mass is 32.2. The molecule has 1 fully saturated rings. The Hall–Kier alpha value is -3.17. The van der Waals surface area contributed by atoms with Gasteiger partial charge in [0.15, 0.2) is 0 Å². The van der Waals surface area contributed by atoms with Crippen LogP contribution in [0.25, 0.3) is 0 Å². The van der Waals surface area contributed by atoms with E-state index in [1.807, 2.05) is 42.1 Å². The summed E-state index contributed by atoms with van der Waals surface area (Å²) >= 11 is 0. The van der Waals surface area contributed by atoms with E-state index in [1.165, 1.54) is 10.4 Å². The van der Waals surface area contributed by atoms with Crippen molar-refractivity contribution in [1.82, 2.24) is 19.2 Å². The van der Waals surface area contributed by atoms with Gasteiger partial charge >= 0.3 is 0 Å². The molecular weight excluding hydrogens is 464 g/mol. The molecule has 8 nitrogen and oxygen atoms in total. The number of methoxy groups -OCH3 is 1. The zero-order valence-corrected chi connectivity index (χ0v) is 21.3. The van der Waals surface area contributed by atoms with Gasteiger partial charge in [-0.05, 0) is 54.2 Å². The van der Waals surface area contributed by atoms with Crippen LogP contribution < -0.4 is 10.1 Å². The van der Waals surface area contributed by atoms with E-state index in [0.717, 1.165) is 12.0 Å². The lowest BCUT2D eigenvalue weighted by Crippen LogP contribution is -2.42. The molecule has 2 aromatic carbocycles. The number of amides is 1. The number of nitrogens with one attached hydrogen (secondary N) is 1. The minimum atomic E-state index is -3.70. The highest BCUT2D eigenvalue weighted by molar-refractivity contribution is 7.89. The van der Waals surface area contributed by atoms with Gasteiger partial charge in [-0.15, -0.1) is 0 Å². The number of ether oxygens (including phenoxy) is 1. The lowest BCUT2D eigenvalue weighted by Gasteiger charge is -2.34. The Morgan fingerprint density at radius 2 is 1.80 bits per heavy atom. The van der Waals surface area contributed by atoms with E-state index >= 15 is 0 Å². The van der Waals surface area contributed by atoms with Gasteiger partial charge in [0.2, 0.25) is 10.0 Å². The summed E-state index contributed by atoms with van der Waals surface area (Å²) in [4.78, 5) is 17.9. The Bertz CT molecular complexity index is 1280. The molecule has 186 valence electrons. The van der Waals surface area contributed by atoms with Crippen LogP contribution in [0.4, 0.5) is 0 Å². The van der Waals surface area contributed by atoms with Crippen LogP contribution in [0.5, 0.6) is 5.75 Å². The summed E-state index contributed by atoms with van der Waals surface area (Å²) in [5, 5.41) is 3.03. The number of aromatic nitrogens is 2. The molecule has 1 amide bonds. The quantitative estimate of drug-likeness (QED) is 0.539. The van der Waals surface area contributed by atoms with Crippen molar-refractivity contribution in [2.24, 2.45) is 18.9 Å². The first-order valence-corrected chi connectivity index (χ1v) is 13.1. The predicted octanol–water partition coefficient (Wildman–Crippen LogP) is 3.61. The van der Waals surface area contributed by atoms with Gasteiger partial charge in [-0.3, -0.25) is 4.79 Å². The molecule has 0 spiro atoms. The second kappa shape index (κ2) is 10.2. The Labute approximate surface area is 207 Å². The summed E-state index contributed by atoms with van der Waals surface area (Å²) in [6.45, 7) is 5.11. The Kier molecular flexibility index (Phi) is 7.28. The Morgan fingerprint density at radius 1 is 1.11 bits per heavy atom. The number of nitrogens with zero attached hydrogens (tertiary/aromatic N) is 3. The van der Waals surface area contributed by atoms with E-state index in [4.69, 9.17) is 4.74 Å². The summed E-state index contributed by atoms with van der Waals surface area (Å²) in [7, 11) is -0.243. The number of hydrogen-bond acceptors (Lipinski definition) is 5. The molecule has 0 saturated carbocycles. The standard InChI is InChI=1S/C26H32N4O4S/c1-18-14-19(2)17-30(16-18)35(32,33)23-7-5-6-21(15-23)26(31)28-24(25-27-12-13-29(25)3)20-8-10-22(34-4)11-9-20/h5-13,15,18-19,24H,14,16-17H2,1-4H3,(H,28,31). The maximum atomic E-state index is 13.4. The number of imidazole rings is 1. The molecule has 0 aliphatic carbocycles. The normalized spacial score (nSPS) is 19.8. The maximum Gasteiger partial charge on any atom is 0.252 e. The van der Waals surface area contributed by atoms with Crippen LogP contribution in [0.15, 0.2) is 65.8 Å². The van der Waals surface area contributed by atoms with Crippen LogP contribution in [0.3, 0.4) is 0 Å². The first-order chi connectivity index (χ1) is 16.7. The number of carbonyl (C=O) groups is 1. The van der Waals surface area contributed by atoms with Crippen LogP contribution >= 0.6 is 0 Å². The summed E-state index contributed by atoms with van der Waals surface area (Å²) in [6.07, 6.45) is 4.49. The molecule has 4 rings (SSSR count). The van der Waals surface area contributed by atoms with Crippen molar-refractivity contribution >= 4 is 15.9 Å². The number of aryl methyl sites for hydroxylation is 1. The smallest absolute Gasteiger partial charge is 0.252 e. The highest BCUT2D eigenvalue weighted by Crippen LogP contribution is 2.28. The van der Waals surface area contributed by atoms with Gasteiger partial charge in [0.1, 0.15) is 17.6 Å². The molecule has 1 aliphatic rings. The molecule has 3 aromatic rings. The number of carbonyl (C=O) groups excluding carboxylic acids is 1. The van der Waals surface area contributed by atoms with Crippen molar-refractivity contribution in [1.29, 1.82) is 0 Å². The van der Waals surface area contributed by atoms with Gasteiger partial charge < -0.3 is 14.6 Å². The third kappa shape index (κ3) is 5.41. The lowest BCUT2D eigenvalue weighted by molar-refractivity contribution is 0.0941. The number of hydrogen-bond donors (Lipinski definition) is 1. The third-order valence-electron chi connectivity index (χ3n) is 6.41. The second-order valence-electron chi connectivity index (χ2n) is 9.37. The fourth-order valence-corrected chi connectivity index (χ4v) is 6.44. The molecule has 2 heterocycles. The lowest BCUT2D eigenvalue weighted by atomic mass is 9.94. The van der Waals surface area contributed by atoms with Crippen molar-refractivity contribution in [2.45, 2.75) is 31.2 Å². The number of rotatable bonds is 7. The van der Waals surface area contributed by atoms with Crippen LogP contribution in [-0.2, 0) is 17.1 Å². The molecule has 0 radical (unpaired) electrons. The van der Waals surface area contributed by atoms with E-state index in [1.54, 1.807) is 31.5 Å². The molecule has 35 heavy (non-hydrogen) atoms. The summed E-state index contributed by atoms with van der Waals surface area (Å²) in [5.74, 6) is 1.57. The number of sulfonamides is 1. The van der Waals surface area contributed by atoms with Crippen molar-refractivity contribution in [2.75, 3.05) is 20.2 Å².